The number of quaternary nitrogens is 1. The van der Waals surface area contributed by atoms with Crippen LogP contribution in [0.2, 0.25) is 0 Å². The number of hydrogen-bond donors (Lipinski definition) is 0. The lowest BCUT2D eigenvalue weighted by Crippen LogP contribution is -2.44. The van der Waals surface area contributed by atoms with Gasteiger partial charge in [-0.15, -0.1) is 0 Å². The average molecular weight is 854 g/mol. The second kappa shape index (κ2) is 22.5. The van der Waals surface area contributed by atoms with E-state index < -0.39 is 0 Å². The average Bonchev–Trinajstić information content (AvgIpc) is 3.26. The minimum Gasteiger partial charge on any atom is -0.378 e. The van der Waals surface area contributed by atoms with Gasteiger partial charge in [0, 0.05) is 88.6 Å². The lowest BCUT2D eigenvalue weighted by Gasteiger charge is -2.29. The molecular formula is C53H69N6S2+3. The molecule has 0 aliphatic rings. The quantitative estimate of drug-likeness (QED) is 0.0292. The van der Waals surface area contributed by atoms with Crippen LogP contribution in [0.25, 0.3) is 45.8 Å². The van der Waals surface area contributed by atoms with E-state index in [9.17, 15) is 0 Å². The molecule has 4 aromatic carbocycles. The first-order chi connectivity index (χ1) is 29.4. The summed E-state index contributed by atoms with van der Waals surface area (Å²) in [6.07, 6.45) is 21.3. The predicted octanol–water partition coefficient (Wildman–Crippen LogP) is 10.7. The second-order valence-corrected chi connectivity index (χ2v) is 20.3. The lowest BCUT2D eigenvalue weighted by molar-refractivity contribution is -0.890. The Hall–Kier alpha value is -4.60. The largest absolute Gasteiger partial charge is 0.378 e. The molecule has 2 aromatic heterocycles. The first kappa shape index (κ1) is 45.9. The van der Waals surface area contributed by atoms with Gasteiger partial charge in [-0.2, -0.15) is 0 Å². The summed E-state index contributed by atoms with van der Waals surface area (Å²) >= 11 is 0. The Morgan fingerprint density at radius 2 is 0.967 bits per heavy atom. The van der Waals surface area contributed by atoms with Crippen molar-refractivity contribution in [2.75, 3.05) is 90.3 Å². The Morgan fingerprint density at radius 3 is 1.48 bits per heavy atom. The predicted molar refractivity (Wildman–Crippen MR) is 270 cm³/mol. The van der Waals surface area contributed by atoms with Crippen molar-refractivity contribution in [3.05, 3.63) is 144 Å². The Bertz CT molecular complexity index is 2350. The third kappa shape index (κ3) is 14.5. The number of aromatic nitrogens is 2. The van der Waals surface area contributed by atoms with Gasteiger partial charge < -0.3 is 19.2 Å². The molecule has 0 spiro atoms. The minimum atomic E-state index is 0.582. The highest BCUT2D eigenvalue weighted by molar-refractivity contribution is 8.76. The molecule has 61 heavy (non-hydrogen) atoms. The van der Waals surface area contributed by atoms with Gasteiger partial charge in [0.05, 0.1) is 39.4 Å². The highest BCUT2D eigenvalue weighted by atomic mass is 33.1. The number of nitrogens with zero attached hydrogens (tertiary/aromatic N) is 6. The van der Waals surface area contributed by atoms with Gasteiger partial charge in [0.1, 0.15) is 6.54 Å². The van der Waals surface area contributed by atoms with Crippen LogP contribution in [0.1, 0.15) is 48.4 Å². The van der Waals surface area contributed by atoms with Crippen LogP contribution in [0.15, 0.2) is 122 Å². The molecule has 6 rings (SSSR count). The standard InChI is InChI=1S/C53H69N6S2/c1-43(11-9-28-57-30-24-44(25-31-57)12-14-46-16-18-50-41-52(54(2)3)22-20-48(50)39-46)56(6)34-37-60-61-38-36-59(7,8)35-10-29-58-32-26-45(27-33-58)13-15-47-17-19-51-42-53(55(4)5)23-21-49(51)40-47/h12-27,30-33,39-43H,9-11,28-29,34-38H2,1-8H3/q+3. The van der Waals surface area contributed by atoms with E-state index >= 15 is 0 Å². The third-order valence-corrected chi connectivity index (χ3v) is 14.2. The van der Waals surface area contributed by atoms with Gasteiger partial charge >= 0.3 is 0 Å². The fourth-order valence-electron chi connectivity index (χ4n) is 7.50. The van der Waals surface area contributed by atoms with Gasteiger partial charge in [0.15, 0.2) is 31.3 Å². The molecule has 2 heterocycles. The monoisotopic (exact) mass is 854 g/mol. The Labute approximate surface area is 375 Å². The van der Waals surface area contributed by atoms with Gasteiger partial charge in [0.2, 0.25) is 0 Å². The van der Waals surface area contributed by atoms with Crippen LogP contribution in [0.5, 0.6) is 0 Å². The van der Waals surface area contributed by atoms with Crippen molar-refractivity contribution in [2.45, 2.75) is 45.3 Å². The van der Waals surface area contributed by atoms with Gasteiger partial charge in [0.25, 0.3) is 0 Å². The van der Waals surface area contributed by atoms with Crippen molar-refractivity contribution >= 4 is 78.8 Å². The molecule has 6 nitrogen and oxygen atoms in total. The molecule has 0 bridgehead atoms. The Balaban J connectivity index is 0.805. The molecule has 0 fully saturated rings. The van der Waals surface area contributed by atoms with Crippen LogP contribution in [-0.2, 0) is 13.1 Å². The third-order valence-electron chi connectivity index (χ3n) is 11.9. The van der Waals surface area contributed by atoms with E-state index in [0.717, 1.165) is 24.1 Å². The Morgan fingerprint density at radius 1 is 0.525 bits per heavy atom. The van der Waals surface area contributed by atoms with E-state index in [1.807, 2.05) is 21.6 Å². The summed E-state index contributed by atoms with van der Waals surface area (Å²) in [4.78, 5) is 6.83. The van der Waals surface area contributed by atoms with E-state index in [0.29, 0.717) is 6.04 Å². The van der Waals surface area contributed by atoms with Crippen molar-refractivity contribution in [2.24, 2.45) is 0 Å². The molecule has 0 aliphatic carbocycles. The zero-order chi connectivity index (χ0) is 43.2. The number of rotatable bonds is 22. The van der Waals surface area contributed by atoms with Crippen LogP contribution in [0.3, 0.4) is 0 Å². The molecule has 0 aliphatic heterocycles. The maximum Gasteiger partial charge on any atom is 0.169 e. The number of fused-ring (bicyclic) bond motifs is 2. The van der Waals surface area contributed by atoms with Crippen LogP contribution in [0.4, 0.5) is 11.4 Å². The van der Waals surface area contributed by atoms with Crippen molar-refractivity contribution in [3.8, 4) is 0 Å². The summed E-state index contributed by atoms with van der Waals surface area (Å²) in [5, 5.41) is 5.09. The minimum absolute atomic E-state index is 0.582. The Kier molecular flexibility index (Phi) is 16.9. The zero-order valence-corrected chi connectivity index (χ0v) is 39.6. The smallest absolute Gasteiger partial charge is 0.169 e. The molecule has 1 unspecified atom stereocenters. The van der Waals surface area contributed by atoms with E-state index in [4.69, 9.17) is 0 Å². The van der Waals surface area contributed by atoms with Gasteiger partial charge in [-0.05, 0) is 101 Å². The summed E-state index contributed by atoms with van der Waals surface area (Å²) in [6, 6.07) is 36.1. The summed E-state index contributed by atoms with van der Waals surface area (Å²) in [6.45, 7) is 7.99. The number of benzene rings is 4. The molecule has 320 valence electrons. The molecular weight excluding hydrogens is 785 g/mol. The molecule has 0 saturated heterocycles. The van der Waals surface area contributed by atoms with Crippen LogP contribution in [-0.4, -0.2) is 95.9 Å². The number of pyridine rings is 2. The SMILES string of the molecule is CC(CCC[n+]1ccc(/C=C/c2ccc3cc(N(C)C)ccc3c2)cc1)N(C)CCSSCC[N+](C)(C)CCC[n+]1ccc(/C=C/c2ccc3cc(N(C)C)ccc3c2)cc1. The highest BCUT2D eigenvalue weighted by Crippen LogP contribution is 2.25. The maximum atomic E-state index is 2.53. The van der Waals surface area contributed by atoms with Gasteiger partial charge in [-0.3, -0.25) is 0 Å². The molecule has 1 atom stereocenters. The van der Waals surface area contributed by atoms with Crippen molar-refractivity contribution in [1.82, 2.24) is 4.90 Å². The van der Waals surface area contributed by atoms with Crippen molar-refractivity contribution in [3.63, 3.8) is 0 Å². The molecule has 0 radical (unpaired) electrons. The normalized spacial score (nSPS) is 12.7. The fourth-order valence-corrected chi connectivity index (χ4v) is 9.82. The van der Waals surface area contributed by atoms with Crippen LogP contribution >= 0.6 is 21.6 Å². The van der Waals surface area contributed by atoms with Gasteiger partial charge in [-0.1, -0.05) is 82.3 Å². The summed E-state index contributed by atoms with van der Waals surface area (Å²) in [5.41, 5.74) is 7.35. The summed E-state index contributed by atoms with van der Waals surface area (Å²) in [5.74, 6) is 2.35. The van der Waals surface area contributed by atoms with Crippen molar-refractivity contribution in [1.29, 1.82) is 0 Å². The fraction of sp³-hybridized carbons (Fsp3) is 0.358. The van der Waals surface area contributed by atoms with Gasteiger partial charge in [-0.25, -0.2) is 9.13 Å². The highest BCUT2D eigenvalue weighted by Gasteiger charge is 2.16. The van der Waals surface area contributed by atoms with E-state index in [-0.39, 0.29) is 0 Å². The molecule has 0 N–H and O–H groups in total. The van der Waals surface area contributed by atoms with E-state index in [1.165, 1.54) is 99.0 Å². The number of hydrogen-bond acceptors (Lipinski definition) is 5. The molecule has 8 heteroatoms. The van der Waals surface area contributed by atoms with Crippen LogP contribution in [0, 0.1) is 0 Å². The topological polar surface area (TPSA) is 17.5 Å². The lowest BCUT2D eigenvalue weighted by atomic mass is 10.1. The van der Waals surface area contributed by atoms with E-state index in [1.54, 1.807) is 0 Å². The second-order valence-electron chi connectivity index (χ2n) is 17.6. The first-order valence-electron chi connectivity index (χ1n) is 21.9. The molecule has 0 amide bonds. The van der Waals surface area contributed by atoms with Crippen LogP contribution < -0.4 is 18.9 Å². The zero-order valence-electron chi connectivity index (χ0n) is 38.0. The number of aryl methyl sites for hydroxylation is 2. The molecule has 0 saturated carbocycles. The molecule has 6 aromatic rings. The maximum absolute atomic E-state index is 2.53. The summed E-state index contributed by atoms with van der Waals surface area (Å²) < 4.78 is 5.70. The van der Waals surface area contributed by atoms with Crippen molar-refractivity contribution < 1.29 is 13.6 Å². The van der Waals surface area contributed by atoms with E-state index in [2.05, 4.69) is 226 Å². The number of anilines is 2. The summed E-state index contributed by atoms with van der Waals surface area (Å²) in [7, 11) is 19.5. The first-order valence-corrected chi connectivity index (χ1v) is 24.4.